The van der Waals surface area contributed by atoms with E-state index in [1.54, 1.807) is 0 Å². The number of aromatic nitrogens is 3. The topological polar surface area (TPSA) is 52.3 Å². The monoisotopic (exact) mass is 316 g/mol. The lowest BCUT2D eigenvalue weighted by Crippen LogP contribution is -2.31. The first-order valence-corrected chi connectivity index (χ1v) is 8.02. The molecule has 0 aromatic carbocycles. The zero-order chi connectivity index (χ0) is 16.6. The maximum absolute atomic E-state index is 12.2. The van der Waals surface area contributed by atoms with Gasteiger partial charge in [-0.1, -0.05) is 0 Å². The van der Waals surface area contributed by atoms with Crippen LogP contribution in [0.5, 0.6) is 0 Å². The van der Waals surface area contributed by atoms with Crippen molar-refractivity contribution in [1.29, 1.82) is 0 Å². The molecule has 0 unspecified atom stereocenters. The zero-order valence-corrected chi connectivity index (χ0v) is 14.2. The highest BCUT2D eigenvalue weighted by Gasteiger charge is 2.33. The van der Waals surface area contributed by atoms with Crippen molar-refractivity contribution in [3.63, 3.8) is 0 Å². The molecule has 0 saturated heterocycles. The average molecular weight is 316 g/mol. The van der Waals surface area contributed by atoms with Crippen LogP contribution in [0.15, 0.2) is 24.5 Å². The first-order chi connectivity index (χ1) is 10.9. The molecule has 1 aliphatic rings. The highest BCUT2D eigenvalue weighted by Crippen LogP contribution is 2.31. The number of hydrogen-bond acceptors (Lipinski definition) is 3. The molecule has 0 radical (unpaired) electrons. The number of carbonyl (C=O) groups excluding carboxylic acids is 1. The molecule has 0 saturated carbocycles. The molecule has 23 heavy (non-hydrogen) atoms. The third-order valence-corrected chi connectivity index (χ3v) is 4.00. The zero-order valence-electron chi connectivity index (χ0n) is 14.2. The minimum Gasteiger partial charge on any atom is -0.372 e. The Morgan fingerprint density at radius 2 is 1.96 bits per heavy atom. The van der Waals surface area contributed by atoms with Gasteiger partial charge in [0, 0.05) is 24.6 Å². The number of ether oxygens (including phenoxy) is 1. The molecule has 0 aliphatic carbocycles. The summed E-state index contributed by atoms with van der Waals surface area (Å²) in [7, 11) is 0. The van der Waals surface area contributed by atoms with Crippen LogP contribution in [0.2, 0.25) is 0 Å². The van der Waals surface area contributed by atoms with E-state index in [0.717, 1.165) is 17.1 Å². The number of fused-ring (bicyclic) bond motifs is 1. The van der Waals surface area contributed by atoms with Gasteiger partial charge >= 0.3 is 0 Å². The minimum atomic E-state index is -0.121. The fraction of sp³-hybridized carbons (Fsp3) is 0.529. The Morgan fingerprint density at radius 1 is 1.26 bits per heavy atom. The molecule has 0 fully saturated rings. The van der Waals surface area contributed by atoms with Crippen LogP contribution in [0.4, 0.5) is 0 Å². The van der Waals surface area contributed by atoms with E-state index in [1.165, 1.54) is 0 Å². The van der Waals surface area contributed by atoms with Crippen LogP contribution in [-0.4, -0.2) is 38.4 Å². The van der Waals surface area contributed by atoms with Crippen molar-refractivity contribution in [3.05, 3.63) is 35.8 Å². The van der Waals surface area contributed by atoms with Gasteiger partial charge in [0.05, 0.1) is 24.3 Å². The number of amides is 1. The van der Waals surface area contributed by atoms with Gasteiger partial charge < -0.3 is 14.2 Å². The molecule has 3 heterocycles. The lowest BCUT2D eigenvalue weighted by molar-refractivity contribution is -0.136. The summed E-state index contributed by atoms with van der Waals surface area (Å²) in [4.78, 5) is 14.0. The van der Waals surface area contributed by atoms with Crippen molar-refractivity contribution in [1.82, 2.24) is 19.2 Å². The van der Waals surface area contributed by atoms with Gasteiger partial charge in [0.25, 0.3) is 0 Å². The summed E-state index contributed by atoms with van der Waals surface area (Å²) in [5.74, 6) is 1.06. The molecule has 0 atom stereocenters. The van der Waals surface area contributed by atoms with E-state index in [-0.39, 0.29) is 18.1 Å². The van der Waals surface area contributed by atoms with E-state index >= 15 is 0 Å². The molecule has 6 heteroatoms. The number of hydrogen-bond donors (Lipinski definition) is 0. The van der Waals surface area contributed by atoms with Gasteiger partial charge in [-0.25, -0.2) is 4.68 Å². The van der Waals surface area contributed by atoms with Crippen LogP contribution >= 0.6 is 0 Å². The van der Waals surface area contributed by atoms with E-state index in [1.807, 2.05) is 36.4 Å². The van der Waals surface area contributed by atoms with Gasteiger partial charge in [-0.2, -0.15) is 5.10 Å². The second-order valence-electron chi connectivity index (χ2n) is 6.81. The largest absolute Gasteiger partial charge is 0.372 e. The molecule has 1 amide bonds. The predicted molar refractivity (Wildman–Crippen MR) is 87.3 cm³/mol. The van der Waals surface area contributed by atoms with Crippen LogP contribution in [-0.2, 0) is 28.2 Å². The molecule has 124 valence electrons. The first kappa shape index (κ1) is 15.8. The summed E-state index contributed by atoms with van der Waals surface area (Å²) in [6.07, 6.45) is 4.04. The van der Waals surface area contributed by atoms with Crippen LogP contribution in [0.1, 0.15) is 39.0 Å². The molecule has 3 rings (SSSR count). The third kappa shape index (κ3) is 2.91. The van der Waals surface area contributed by atoms with Gasteiger partial charge in [0.15, 0.2) is 0 Å². The second kappa shape index (κ2) is 5.85. The first-order valence-electron chi connectivity index (χ1n) is 8.02. The van der Waals surface area contributed by atoms with Crippen LogP contribution < -0.4 is 0 Å². The van der Waals surface area contributed by atoms with Gasteiger partial charge in [0.2, 0.25) is 5.91 Å². The van der Waals surface area contributed by atoms with Crippen molar-refractivity contribution >= 4 is 5.91 Å². The summed E-state index contributed by atoms with van der Waals surface area (Å²) in [5, 5.41) is 4.79. The van der Waals surface area contributed by atoms with Crippen molar-refractivity contribution in [2.24, 2.45) is 0 Å². The molecule has 1 aliphatic heterocycles. The predicted octanol–water partition coefficient (Wildman–Crippen LogP) is 2.31. The van der Waals surface area contributed by atoms with E-state index in [2.05, 4.69) is 30.0 Å². The normalized spacial score (nSPS) is 14.3. The van der Waals surface area contributed by atoms with Crippen molar-refractivity contribution in [3.8, 4) is 5.82 Å². The number of rotatable bonds is 4. The van der Waals surface area contributed by atoms with Crippen molar-refractivity contribution in [2.45, 2.75) is 46.3 Å². The Balaban J connectivity index is 1.94. The van der Waals surface area contributed by atoms with Crippen LogP contribution in [0.25, 0.3) is 5.82 Å². The van der Waals surface area contributed by atoms with Gasteiger partial charge in [0.1, 0.15) is 12.4 Å². The maximum Gasteiger partial charge on any atom is 0.249 e. The highest BCUT2D eigenvalue weighted by molar-refractivity contribution is 5.78. The van der Waals surface area contributed by atoms with Gasteiger partial charge in [-0.3, -0.25) is 4.79 Å². The molecule has 0 bridgehead atoms. The summed E-state index contributed by atoms with van der Waals surface area (Å²) in [5.41, 5.74) is 1.99. The average Bonchev–Trinajstić information content (AvgIpc) is 3.17. The minimum absolute atomic E-state index is 0.0191. The molecule has 0 N–H and O–H groups in total. The van der Waals surface area contributed by atoms with Crippen molar-refractivity contribution < 1.29 is 9.53 Å². The summed E-state index contributed by atoms with van der Waals surface area (Å²) in [6.45, 7) is 10.1. The summed E-state index contributed by atoms with van der Waals surface area (Å²) in [6, 6.07) is 4.00. The number of carbonyl (C=O) groups is 1. The number of nitrogens with zero attached hydrogens (tertiary/aromatic N) is 4. The quantitative estimate of drug-likeness (QED) is 0.870. The Labute approximate surface area is 136 Å². The Hall–Kier alpha value is -2.08. The second-order valence-corrected chi connectivity index (χ2v) is 6.81. The van der Waals surface area contributed by atoms with E-state index in [0.29, 0.717) is 19.7 Å². The van der Waals surface area contributed by atoms with E-state index < -0.39 is 0 Å². The van der Waals surface area contributed by atoms with E-state index in [4.69, 9.17) is 9.84 Å². The van der Waals surface area contributed by atoms with E-state index in [9.17, 15) is 4.79 Å². The Morgan fingerprint density at radius 3 is 2.57 bits per heavy atom. The molecular weight excluding hydrogens is 292 g/mol. The highest BCUT2D eigenvalue weighted by atomic mass is 16.5. The third-order valence-electron chi connectivity index (χ3n) is 4.00. The van der Waals surface area contributed by atoms with Crippen molar-refractivity contribution in [2.75, 3.05) is 13.2 Å². The molecule has 2 aromatic heterocycles. The molecule has 6 nitrogen and oxygen atoms in total. The standard InChI is InChI=1S/C17H24N4O2/c1-5-23-12-15(22)20-10-13-14(11-20)18-21(17(2,3)4)16(13)19-8-6-7-9-19/h6-9H,5,10-12H2,1-4H3. The molecule has 0 spiro atoms. The fourth-order valence-corrected chi connectivity index (χ4v) is 2.87. The molecule has 2 aromatic rings. The SMILES string of the molecule is CCOCC(=O)N1Cc2nn(C(C)(C)C)c(-n3cccc3)c2C1. The van der Waals surface area contributed by atoms with Crippen LogP contribution in [0, 0.1) is 0 Å². The smallest absolute Gasteiger partial charge is 0.249 e. The Kier molecular flexibility index (Phi) is 4.02. The van der Waals surface area contributed by atoms with Gasteiger partial charge in [-0.05, 0) is 39.8 Å². The fourth-order valence-electron chi connectivity index (χ4n) is 2.87. The summed E-state index contributed by atoms with van der Waals surface area (Å²) < 4.78 is 9.38. The maximum atomic E-state index is 12.2. The Bertz CT molecular complexity index is 695. The van der Waals surface area contributed by atoms with Gasteiger partial charge in [-0.15, -0.1) is 0 Å². The lowest BCUT2D eigenvalue weighted by Gasteiger charge is -2.24. The summed E-state index contributed by atoms with van der Waals surface area (Å²) >= 11 is 0. The lowest BCUT2D eigenvalue weighted by atomic mass is 10.1. The molecular formula is C17H24N4O2. The van der Waals surface area contributed by atoms with Crippen LogP contribution in [0.3, 0.4) is 0 Å².